The van der Waals surface area contributed by atoms with Gasteiger partial charge in [-0.15, -0.1) is 0 Å². The highest BCUT2D eigenvalue weighted by atomic mass is 79.9. The van der Waals surface area contributed by atoms with Crippen LogP contribution in [0, 0.1) is 0 Å². The maximum atomic E-state index is 13.6. The lowest BCUT2D eigenvalue weighted by molar-refractivity contribution is -0.139. The molecule has 0 spiro atoms. The molecule has 1 heterocycles. The molecule has 0 atom stereocenters. The van der Waals surface area contributed by atoms with E-state index in [1.54, 1.807) is 18.2 Å². The molecular weight excluding hydrogens is 451 g/mol. The lowest BCUT2D eigenvalue weighted by Crippen LogP contribution is -2.10. The van der Waals surface area contributed by atoms with Crippen molar-refractivity contribution in [1.29, 1.82) is 0 Å². The summed E-state index contributed by atoms with van der Waals surface area (Å²) >= 11 is 3.10. The maximum Gasteiger partial charge on any atom is 0.420 e. The number of carboxylic acids is 1. The zero-order chi connectivity index (χ0) is 21.2. The van der Waals surface area contributed by atoms with Crippen molar-refractivity contribution in [2.45, 2.75) is 38.8 Å². The lowest BCUT2D eigenvalue weighted by atomic mass is 10.1. The van der Waals surface area contributed by atoms with E-state index in [4.69, 9.17) is 9.84 Å². The SMILES string of the molecule is CCCCc1c[nH]c2ccc(Oc3c(Br)cc(CC(=O)O)cc3C(F)(F)F)cc12. The number of carbonyl (C=O) groups is 1. The fourth-order valence-electron chi connectivity index (χ4n) is 3.15. The Morgan fingerprint density at radius 3 is 2.66 bits per heavy atom. The van der Waals surface area contributed by atoms with Crippen molar-refractivity contribution in [3.05, 3.63) is 57.7 Å². The standard InChI is InChI=1S/C21H19BrF3NO3/c1-2-3-4-13-11-26-18-6-5-14(10-15(13)18)29-20-16(21(23,24)25)7-12(8-17(20)22)9-19(27)28/h5-8,10-11,26H,2-4,9H2,1H3,(H,27,28). The summed E-state index contributed by atoms with van der Waals surface area (Å²) in [6.07, 6.45) is -0.404. The fraction of sp³-hybridized carbons (Fsp3) is 0.286. The number of unbranched alkanes of at least 4 members (excludes halogenated alkanes) is 1. The molecule has 8 heteroatoms. The largest absolute Gasteiger partial charge is 0.481 e. The highest BCUT2D eigenvalue weighted by Gasteiger charge is 2.36. The Balaban J connectivity index is 2.01. The van der Waals surface area contributed by atoms with E-state index >= 15 is 0 Å². The molecule has 0 saturated carbocycles. The van der Waals surface area contributed by atoms with Crippen LogP contribution in [-0.4, -0.2) is 16.1 Å². The minimum atomic E-state index is -4.70. The van der Waals surface area contributed by atoms with E-state index in [1.807, 2.05) is 6.20 Å². The Hall–Kier alpha value is -2.48. The molecule has 29 heavy (non-hydrogen) atoms. The second-order valence-corrected chi connectivity index (χ2v) is 7.60. The number of hydrogen-bond acceptors (Lipinski definition) is 2. The van der Waals surface area contributed by atoms with Gasteiger partial charge in [-0.25, -0.2) is 0 Å². The molecule has 1 aromatic heterocycles. The number of nitrogens with one attached hydrogen (secondary N) is 1. The number of hydrogen-bond donors (Lipinski definition) is 2. The van der Waals surface area contributed by atoms with Crippen molar-refractivity contribution in [1.82, 2.24) is 4.98 Å². The van der Waals surface area contributed by atoms with Crippen molar-refractivity contribution in [2.24, 2.45) is 0 Å². The van der Waals surface area contributed by atoms with Crippen LogP contribution in [0.15, 0.2) is 41.0 Å². The number of aromatic nitrogens is 1. The van der Waals surface area contributed by atoms with Crippen LogP contribution in [0.2, 0.25) is 0 Å². The molecule has 0 aliphatic carbocycles. The number of aliphatic carboxylic acids is 1. The number of halogens is 4. The van der Waals surface area contributed by atoms with Crippen molar-refractivity contribution < 1.29 is 27.8 Å². The molecule has 2 aromatic carbocycles. The summed E-state index contributed by atoms with van der Waals surface area (Å²) in [6, 6.07) is 7.23. The molecular formula is C21H19BrF3NO3. The zero-order valence-corrected chi connectivity index (χ0v) is 17.2. The first-order valence-corrected chi connectivity index (χ1v) is 9.87. The second kappa shape index (κ2) is 8.49. The number of alkyl halides is 3. The Kier molecular flexibility index (Phi) is 6.21. The summed E-state index contributed by atoms with van der Waals surface area (Å²) in [5.41, 5.74) is 0.977. The zero-order valence-electron chi connectivity index (χ0n) is 15.6. The topological polar surface area (TPSA) is 62.3 Å². The predicted octanol–water partition coefficient (Wildman–Crippen LogP) is 6.71. The van der Waals surface area contributed by atoms with Crippen molar-refractivity contribution >= 4 is 32.8 Å². The van der Waals surface area contributed by atoms with Crippen LogP contribution in [0.4, 0.5) is 13.2 Å². The number of H-pyrrole nitrogens is 1. The average molecular weight is 470 g/mol. The maximum absolute atomic E-state index is 13.6. The monoisotopic (exact) mass is 469 g/mol. The molecule has 0 radical (unpaired) electrons. The van der Waals surface area contributed by atoms with Crippen LogP contribution in [-0.2, 0) is 23.8 Å². The van der Waals surface area contributed by atoms with Crippen LogP contribution < -0.4 is 4.74 Å². The first-order valence-electron chi connectivity index (χ1n) is 9.08. The lowest BCUT2D eigenvalue weighted by Gasteiger charge is -2.17. The predicted molar refractivity (Wildman–Crippen MR) is 107 cm³/mol. The third-order valence-corrected chi connectivity index (χ3v) is 5.11. The summed E-state index contributed by atoms with van der Waals surface area (Å²) in [7, 11) is 0. The summed E-state index contributed by atoms with van der Waals surface area (Å²) < 4.78 is 46.5. The number of benzene rings is 2. The Morgan fingerprint density at radius 2 is 2.00 bits per heavy atom. The molecule has 4 nitrogen and oxygen atoms in total. The van der Waals surface area contributed by atoms with Crippen LogP contribution in [0.25, 0.3) is 10.9 Å². The molecule has 2 N–H and O–H groups in total. The van der Waals surface area contributed by atoms with Crippen LogP contribution in [0.5, 0.6) is 11.5 Å². The van der Waals surface area contributed by atoms with Crippen LogP contribution in [0.3, 0.4) is 0 Å². The highest BCUT2D eigenvalue weighted by molar-refractivity contribution is 9.10. The normalized spacial score (nSPS) is 11.8. The van der Waals surface area contributed by atoms with Gasteiger partial charge in [0.15, 0.2) is 5.75 Å². The van der Waals surface area contributed by atoms with E-state index in [1.165, 1.54) is 6.07 Å². The van der Waals surface area contributed by atoms with Gasteiger partial charge in [-0.1, -0.05) is 13.3 Å². The number of fused-ring (bicyclic) bond motifs is 1. The number of aryl methyl sites for hydroxylation is 1. The molecule has 154 valence electrons. The first kappa shape index (κ1) is 21.2. The third kappa shape index (κ3) is 4.93. The van der Waals surface area contributed by atoms with Gasteiger partial charge in [0.2, 0.25) is 0 Å². The minimum absolute atomic E-state index is 0.0342. The Morgan fingerprint density at radius 1 is 1.24 bits per heavy atom. The summed E-state index contributed by atoms with van der Waals surface area (Å²) in [4.78, 5) is 14.1. The van der Waals surface area contributed by atoms with E-state index in [9.17, 15) is 18.0 Å². The Bertz CT molecular complexity index is 1040. The molecule has 0 aliphatic heterocycles. The fourth-order valence-corrected chi connectivity index (χ4v) is 3.74. The van der Waals surface area contributed by atoms with E-state index in [0.717, 1.165) is 41.8 Å². The molecule has 3 rings (SSSR count). The van der Waals surface area contributed by atoms with Gasteiger partial charge in [0.05, 0.1) is 16.5 Å². The van der Waals surface area contributed by atoms with Gasteiger partial charge in [0.1, 0.15) is 5.75 Å². The number of rotatable bonds is 7. The molecule has 0 bridgehead atoms. The second-order valence-electron chi connectivity index (χ2n) is 6.75. The quantitative estimate of drug-likeness (QED) is 0.404. The third-order valence-electron chi connectivity index (χ3n) is 4.52. The molecule has 0 unspecified atom stereocenters. The molecule has 0 saturated heterocycles. The average Bonchev–Trinajstić information content (AvgIpc) is 3.03. The van der Waals surface area contributed by atoms with Gasteiger partial charge in [-0.05, 0) is 70.2 Å². The van der Waals surface area contributed by atoms with Crippen molar-refractivity contribution in [3.63, 3.8) is 0 Å². The van der Waals surface area contributed by atoms with Gasteiger partial charge in [0.25, 0.3) is 0 Å². The molecule has 3 aromatic rings. The van der Waals surface area contributed by atoms with Gasteiger partial charge in [-0.2, -0.15) is 13.2 Å². The van der Waals surface area contributed by atoms with Gasteiger partial charge in [0, 0.05) is 17.1 Å². The first-order chi connectivity index (χ1) is 13.7. The Labute approximate surface area is 173 Å². The smallest absolute Gasteiger partial charge is 0.420 e. The summed E-state index contributed by atoms with van der Waals surface area (Å²) in [6.45, 7) is 2.09. The molecule has 0 aliphatic rings. The number of aromatic amines is 1. The van der Waals surface area contributed by atoms with Gasteiger partial charge in [-0.3, -0.25) is 4.79 Å². The van der Waals surface area contributed by atoms with Gasteiger partial charge < -0.3 is 14.8 Å². The summed E-state index contributed by atoms with van der Waals surface area (Å²) in [5, 5.41) is 9.80. The van der Waals surface area contributed by atoms with E-state index in [0.29, 0.717) is 0 Å². The number of carboxylic acid groups (broad SMARTS) is 1. The van der Waals surface area contributed by atoms with Crippen LogP contribution in [0.1, 0.15) is 36.5 Å². The summed E-state index contributed by atoms with van der Waals surface area (Å²) in [5.74, 6) is -1.33. The highest BCUT2D eigenvalue weighted by Crippen LogP contribution is 2.43. The minimum Gasteiger partial charge on any atom is -0.481 e. The van der Waals surface area contributed by atoms with E-state index in [2.05, 4.69) is 27.8 Å². The van der Waals surface area contributed by atoms with E-state index in [-0.39, 0.29) is 15.8 Å². The van der Waals surface area contributed by atoms with Crippen molar-refractivity contribution in [3.8, 4) is 11.5 Å². The number of ether oxygens (including phenoxy) is 1. The molecule has 0 fully saturated rings. The van der Waals surface area contributed by atoms with E-state index < -0.39 is 29.9 Å². The van der Waals surface area contributed by atoms with Crippen LogP contribution >= 0.6 is 15.9 Å². The van der Waals surface area contributed by atoms with Gasteiger partial charge >= 0.3 is 12.1 Å². The van der Waals surface area contributed by atoms with Crippen molar-refractivity contribution in [2.75, 3.05) is 0 Å². The molecule has 0 amide bonds.